The molecule has 2 nitrogen and oxygen atoms in total. The molecule has 98 valence electrons. The first kappa shape index (κ1) is 15.2. The number of rotatable bonds is 8. The van der Waals surface area contributed by atoms with Gasteiger partial charge in [0.15, 0.2) is 0 Å². The van der Waals surface area contributed by atoms with Crippen LogP contribution in [0.3, 0.4) is 0 Å². The van der Waals surface area contributed by atoms with Crippen molar-refractivity contribution in [2.45, 2.75) is 52.0 Å². The van der Waals surface area contributed by atoms with Gasteiger partial charge in [-0.3, -0.25) is 11.3 Å². The van der Waals surface area contributed by atoms with E-state index in [0.29, 0.717) is 0 Å². The lowest BCUT2D eigenvalue weighted by molar-refractivity contribution is 0.358. The Kier molecular flexibility index (Phi) is 7.35. The largest absolute Gasteiger partial charge is 0.271 e. The molecule has 1 aromatic heterocycles. The van der Waals surface area contributed by atoms with E-state index in [1.807, 2.05) is 0 Å². The Hall–Kier alpha value is 0.100. The van der Waals surface area contributed by atoms with Gasteiger partial charge < -0.3 is 0 Å². The summed E-state index contributed by atoms with van der Waals surface area (Å²) in [5.41, 5.74) is 2.97. The number of hydrogen-bond donors (Lipinski definition) is 2. The van der Waals surface area contributed by atoms with E-state index in [1.54, 1.807) is 11.3 Å². The molecule has 0 aliphatic rings. The zero-order valence-corrected chi connectivity index (χ0v) is 13.1. The van der Waals surface area contributed by atoms with Crippen LogP contribution < -0.4 is 11.3 Å². The predicted molar refractivity (Wildman–Crippen MR) is 80.0 cm³/mol. The minimum Gasteiger partial charge on any atom is -0.271 e. The molecular formula is C13H23BrN2S. The van der Waals surface area contributed by atoms with Crippen LogP contribution in [-0.2, 0) is 0 Å². The molecule has 2 atom stereocenters. The Morgan fingerprint density at radius 1 is 1.47 bits per heavy atom. The number of hydrazine groups is 1. The molecule has 0 saturated heterocycles. The molecule has 0 fully saturated rings. The third kappa shape index (κ3) is 4.70. The lowest BCUT2D eigenvalue weighted by Crippen LogP contribution is -2.29. The topological polar surface area (TPSA) is 38.0 Å². The average molecular weight is 319 g/mol. The van der Waals surface area contributed by atoms with Crippen molar-refractivity contribution in [1.29, 1.82) is 0 Å². The van der Waals surface area contributed by atoms with E-state index in [1.165, 1.54) is 35.0 Å². The second kappa shape index (κ2) is 8.25. The fourth-order valence-electron chi connectivity index (χ4n) is 2.12. The summed E-state index contributed by atoms with van der Waals surface area (Å²) in [6.45, 7) is 4.53. The summed E-state index contributed by atoms with van der Waals surface area (Å²) >= 11 is 5.36. The van der Waals surface area contributed by atoms with Crippen LogP contribution in [0.2, 0.25) is 0 Å². The first-order valence-electron chi connectivity index (χ1n) is 6.41. The second-order valence-corrected chi connectivity index (χ2v) is 6.31. The molecule has 17 heavy (non-hydrogen) atoms. The van der Waals surface area contributed by atoms with Crippen LogP contribution in [0, 0.1) is 5.92 Å². The Morgan fingerprint density at radius 3 is 2.71 bits per heavy atom. The monoisotopic (exact) mass is 318 g/mol. The van der Waals surface area contributed by atoms with E-state index in [-0.39, 0.29) is 6.04 Å². The van der Waals surface area contributed by atoms with Gasteiger partial charge in [-0.1, -0.05) is 39.5 Å². The van der Waals surface area contributed by atoms with Crippen LogP contribution in [0.5, 0.6) is 0 Å². The maximum Gasteiger partial charge on any atom is 0.0567 e. The van der Waals surface area contributed by atoms with Gasteiger partial charge in [-0.05, 0) is 39.7 Å². The first-order chi connectivity index (χ1) is 8.22. The first-order valence-corrected chi connectivity index (χ1v) is 8.09. The standard InChI is InChI=1S/C13H23BrN2S/c1-3-5-6-10(4-2)9-12(16-15)13-11(14)7-8-17-13/h7-8,10,12,16H,3-6,9,15H2,1-2H3. The molecule has 0 bridgehead atoms. The molecule has 1 heterocycles. The molecule has 1 rings (SSSR count). The van der Waals surface area contributed by atoms with Crippen LogP contribution in [0.4, 0.5) is 0 Å². The predicted octanol–water partition coefficient (Wildman–Crippen LogP) is 4.62. The SMILES string of the molecule is CCCCC(CC)CC(NN)c1sccc1Br. The molecule has 3 N–H and O–H groups in total. The van der Waals surface area contributed by atoms with Gasteiger partial charge in [0.1, 0.15) is 0 Å². The summed E-state index contributed by atoms with van der Waals surface area (Å²) in [7, 11) is 0. The molecule has 0 aliphatic heterocycles. The Morgan fingerprint density at radius 2 is 2.24 bits per heavy atom. The maximum absolute atomic E-state index is 5.70. The van der Waals surface area contributed by atoms with Gasteiger partial charge in [-0.25, -0.2) is 0 Å². The highest BCUT2D eigenvalue weighted by atomic mass is 79.9. The summed E-state index contributed by atoms with van der Waals surface area (Å²) < 4.78 is 1.18. The molecule has 0 aliphatic carbocycles. The van der Waals surface area contributed by atoms with E-state index in [0.717, 1.165) is 12.3 Å². The van der Waals surface area contributed by atoms with Gasteiger partial charge in [0.2, 0.25) is 0 Å². The highest BCUT2D eigenvalue weighted by Gasteiger charge is 2.18. The number of nitrogens with two attached hydrogens (primary N) is 1. The van der Waals surface area contributed by atoms with Crippen molar-refractivity contribution in [1.82, 2.24) is 5.43 Å². The van der Waals surface area contributed by atoms with E-state index < -0.39 is 0 Å². The van der Waals surface area contributed by atoms with Crippen molar-refractivity contribution in [2.75, 3.05) is 0 Å². The second-order valence-electron chi connectivity index (χ2n) is 4.50. The Bertz CT molecular complexity index is 314. The quantitative estimate of drug-likeness (QED) is 0.542. The van der Waals surface area contributed by atoms with Crippen LogP contribution in [0.25, 0.3) is 0 Å². The van der Waals surface area contributed by atoms with Crippen molar-refractivity contribution in [3.63, 3.8) is 0 Å². The van der Waals surface area contributed by atoms with Gasteiger partial charge in [0.05, 0.1) is 6.04 Å². The number of unbranched alkanes of at least 4 members (excludes halogenated alkanes) is 1. The minimum atomic E-state index is 0.284. The summed E-state index contributed by atoms with van der Waals surface area (Å²) in [4.78, 5) is 1.32. The summed E-state index contributed by atoms with van der Waals surface area (Å²) in [6, 6.07) is 2.38. The van der Waals surface area contributed by atoms with Gasteiger partial charge in [-0.15, -0.1) is 11.3 Å². The number of hydrogen-bond acceptors (Lipinski definition) is 3. The number of thiophene rings is 1. The molecule has 1 aromatic rings. The number of nitrogens with one attached hydrogen (secondary N) is 1. The van der Waals surface area contributed by atoms with E-state index in [4.69, 9.17) is 5.84 Å². The molecule has 0 spiro atoms. The zero-order chi connectivity index (χ0) is 12.7. The fraction of sp³-hybridized carbons (Fsp3) is 0.692. The third-order valence-corrected chi connectivity index (χ3v) is 5.26. The highest BCUT2D eigenvalue weighted by molar-refractivity contribution is 9.10. The molecule has 0 aromatic carbocycles. The fourth-order valence-corrected chi connectivity index (χ4v) is 3.84. The third-order valence-electron chi connectivity index (χ3n) is 3.27. The van der Waals surface area contributed by atoms with E-state index >= 15 is 0 Å². The molecule has 4 heteroatoms. The van der Waals surface area contributed by atoms with Gasteiger partial charge in [0, 0.05) is 9.35 Å². The van der Waals surface area contributed by atoms with Crippen molar-refractivity contribution in [2.24, 2.45) is 11.8 Å². The molecule has 0 saturated carbocycles. The zero-order valence-electron chi connectivity index (χ0n) is 10.7. The van der Waals surface area contributed by atoms with Crippen molar-refractivity contribution in [3.05, 3.63) is 20.8 Å². The maximum atomic E-state index is 5.70. The van der Waals surface area contributed by atoms with E-state index in [9.17, 15) is 0 Å². The Labute approximate surface area is 117 Å². The van der Waals surface area contributed by atoms with Crippen molar-refractivity contribution in [3.8, 4) is 0 Å². The summed E-state index contributed by atoms with van der Waals surface area (Å²) in [5, 5.41) is 2.11. The molecule has 2 unspecified atom stereocenters. The van der Waals surface area contributed by atoms with Crippen LogP contribution in [-0.4, -0.2) is 0 Å². The van der Waals surface area contributed by atoms with Gasteiger partial charge >= 0.3 is 0 Å². The molecule has 0 amide bonds. The van der Waals surface area contributed by atoms with Gasteiger partial charge in [-0.2, -0.15) is 0 Å². The Balaban J connectivity index is 2.59. The smallest absolute Gasteiger partial charge is 0.0567 e. The van der Waals surface area contributed by atoms with Crippen LogP contribution >= 0.6 is 27.3 Å². The molecular weight excluding hydrogens is 296 g/mol. The number of halogens is 1. The lowest BCUT2D eigenvalue weighted by atomic mass is 9.92. The van der Waals surface area contributed by atoms with E-state index in [2.05, 4.69) is 46.6 Å². The van der Waals surface area contributed by atoms with Gasteiger partial charge in [0.25, 0.3) is 0 Å². The van der Waals surface area contributed by atoms with Crippen molar-refractivity contribution < 1.29 is 0 Å². The molecule has 0 radical (unpaired) electrons. The van der Waals surface area contributed by atoms with Crippen LogP contribution in [0.1, 0.15) is 56.9 Å². The average Bonchev–Trinajstić information content (AvgIpc) is 2.76. The summed E-state index contributed by atoms with van der Waals surface area (Å²) in [6.07, 6.45) is 6.28. The highest BCUT2D eigenvalue weighted by Crippen LogP contribution is 2.34. The summed E-state index contributed by atoms with van der Waals surface area (Å²) in [5.74, 6) is 6.47. The van der Waals surface area contributed by atoms with Crippen LogP contribution in [0.15, 0.2) is 15.9 Å². The van der Waals surface area contributed by atoms with Crippen molar-refractivity contribution >= 4 is 27.3 Å². The normalized spacial score (nSPS) is 14.8. The lowest BCUT2D eigenvalue weighted by Gasteiger charge is -2.21. The minimum absolute atomic E-state index is 0.284.